The fourth-order valence-electron chi connectivity index (χ4n) is 4.16. The van der Waals surface area contributed by atoms with E-state index in [1.54, 1.807) is 17.0 Å². The van der Waals surface area contributed by atoms with E-state index in [-0.39, 0.29) is 29.0 Å². The van der Waals surface area contributed by atoms with E-state index in [4.69, 9.17) is 9.47 Å². The Morgan fingerprint density at radius 3 is 2.43 bits per heavy atom. The van der Waals surface area contributed by atoms with Crippen LogP contribution < -0.4 is 10.1 Å². The summed E-state index contributed by atoms with van der Waals surface area (Å²) >= 11 is 0. The van der Waals surface area contributed by atoms with E-state index in [0.29, 0.717) is 13.1 Å². The van der Waals surface area contributed by atoms with Crippen LogP contribution in [0.15, 0.2) is 12.1 Å². The molecule has 1 amide bonds. The zero-order chi connectivity index (χ0) is 20.7. The molecule has 2 aliphatic rings. The SMILES string of the molecule is COc1cc(C2NCC23CCN(C(=O)OC(C)(C)C)CC3)c(C)cc1[N+](=O)[O-]. The van der Waals surface area contributed by atoms with Gasteiger partial charge in [0.25, 0.3) is 0 Å². The number of nitrogens with one attached hydrogen (secondary N) is 1. The van der Waals surface area contributed by atoms with Gasteiger partial charge in [0.05, 0.1) is 12.0 Å². The molecule has 28 heavy (non-hydrogen) atoms. The van der Waals surface area contributed by atoms with Crippen LogP contribution in [0.1, 0.15) is 50.8 Å². The molecule has 154 valence electrons. The maximum Gasteiger partial charge on any atom is 0.410 e. The number of nitro benzene ring substituents is 1. The Balaban J connectivity index is 1.75. The van der Waals surface area contributed by atoms with Crippen molar-refractivity contribution >= 4 is 11.8 Å². The van der Waals surface area contributed by atoms with Crippen LogP contribution in [-0.4, -0.2) is 48.3 Å². The summed E-state index contributed by atoms with van der Waals surface area (Å²) in [7, 11) is 1.45. The van der Waals surface area contributed by atoms with E-state index >= 15 is 0 Å². The standard InChI is InChI=1S/C20H29N3O5/c1-13-10-15(23(25)26)16(27-5)11-14(13)17-20(12-21-17)6-8-22(9-7-20)18(24)28-19(2,3)4/h10-11,17,21H,6-9,12H2,1-5H3. The molecule has 1 atom stereocenters. The van der Waals surface area contributed by atoms with Gasteiger partial charge in [0.2, 0.25) is 0 Å². The lowest BCUT2D eigenvalue weighted by atomic mass is 9.64. The first-order chi connectivity index (χ1) is 13.1. The fourth-order valence-corrected chi connectivity index (χ4v) is 4.16. The van der Waals surface area contributed by atoms with Crippen LogP contribution in [-0.2, 0) is 4.74 Å². The Morgan fingerprint density at radius 1 is 1.32 bits per heavy atom. The van der Waals surface area contributed by atoms with Crippen LogP contribution in [0, 0.1) is 22.5 Å². The minimum atomic E-state index is -0.501. The van der Waals surface area contributed by atoms with Crippen molar-refractivity contribution in [2.75, 3.05) is 26.7 Å². The van der Waals surface area contributed by atoms with Crippen LogP contribution in [0.4, 0.5) is 10.5 Å². The van der Waals surface area contributed by atoms with Gasteiger partial charge >= 0.3 is 11.8 Å². The van der Waals surface area contributed by atoms with Crippen LogP contribution in [0.25, 0.3) is 0 Å². The molecular weight excluding hydrogens is 362 g/mol. The molecule has 2 fully saturated rings. The molecule has 0 aromatic heterocycles. The first kappa shape index (κ1) is 20.4. The number of ether oxygens (including phenoxy) is 2. The lowest BCUT2D eigenvalue weighted by Gasteiger charge is -2.55. The first-order valence-corrected chi connectivity index (χ1v) is 9.60. The zero-order valence-corrected chi connectivity index (χ0v) is 17.2. The van der Waals surface area contributed by atoms with Crippen molar-refractivity contribution in [1.82, 2.24) is 10.2 Å². The molecule has 0 aliphatic carbocycles. The van der Waals surface area contributed by atoms with Crippen molar-refractivity contribution < 1.29 is 19.2 Å². The number of hydrogen-bond donors (Lipinski definition) is 1. The highest BCUT2D eigenvalue weighted by atomic mass is 16.6. The van der Waals surface area contributed by atoms with E-state index in [1.807, 2.05) is 27.7 Å². The van der Waals surface area contributed by atoms with Crippen LogP contribution in [0.2, 0.25) is 0 Å². The van der Waals surface area contributed by atoms with Gasteiger partial charge in [-0.25, -0.2) is 4.79 Å². The summed E-state index contributed by atoms with van der Waals surface area (Å²) < 4.78 is 10.7. The van der Waals surface area contributed by atoms with Gasteiger partial charge in [0.1, 0.15) is 5.60 Å². The topological polar surface area (TPSA) is 93.9 Å². The molecule has 0 saturated carbocycles. The number of carbonyl (C=O) groups excluding carboxylic acids is 1. The van der Waals surface area contributed by atoms with E-state index in [2.05, 4.69) is 5.32 Å². The summed E-state index contributed by atoms with van der Waals surface area (Å²) in [5.74, 6) is 0.278. The molecule has 1 spiro atoms. The van der Waals surface area contributed by atoms with Gasteiger partial charge < -0.3 is 19.7 Å². The summed E-state index contributed by atoms with van der Waals surface area (Å²) in [6, 6.07) is 3.47. The van der Waals surface area contributed by atoms with Gasteiger partial charge in [-0.1, -0.05) is 0 Å². The van der Waals surface area contributed by atoms with Crippen molar-refractivity contribution in [1.29, 1.82) is 0 Å². The largest absolute Gasteiger partial charge is 0.490 e. The van der Waals surface area contributed by atoms with Crippen LogP contribution in [0.3, 0.4) is 0 Å². The molecule has 8 heteroatoms. The number of hydrogen-bond acceptors (Lipinski definition) is 6. The smallest absolute Gasteiger partial charge is 0.410 e. The number of rotatable bonds is 3. The Kier molecular flexibility index (Phi) is 5.27. The third-order valence-corrected chi connectivity index (χ3v) is 5.76. The van der Waals surface area contributed by atoms with Crippen molar-refractivity contribution in [3.8, 4) is 5.75 Å². The summed E-state index contributed by atoms with van der Waals surface area (Å²) in [5, 5.41) is 14.7. The maximum atomic E-state index is 12.3. The van der Waals surface area contributed by atoms with Gasteiger partial charge in [-0.3, -0.25) is 10.1 Å². The molecule has 1 N–H and O–H groups in total. The van der Waals surface area contributed by atoms with E-state index in [0.717, 1.165) is 30.5 Å². The van der Waals surface area contributed by atoms with Crippen molar-refractivity contribution in [2.24, 2.45) is 5.41 Å². The summed E-state index contributed by atoms with van der Waals surface area (Å²) in [5.41, 5.74) is 1.43. The molecule has 2 aliphatic heterocycles. The highest BCUT2D eigenvalue weighted by molar-refractivity contribution is 5.68. The average molecular weight is 391 g/mol. The number of methoxy groups -OCH3 is 1. The number of likely N-dealkylation sites (tertiary alicyclic amines) is 1. The number of amides is 1. The highest BCUT2D eigenvalue weighted by Gasteiger charge is 2.50. The van der Waals surface area contributed by atoms with Crippen LogP contribution >= 0.6 is 0 Å². The van der Waals surface area contributed by atoms with E-state index in [9.17, 15) is 14.9 Å². The molecule has 1 aromatic rings. The van der Waals surface area contributed by atoms with E-state index in [1.165, 1.54) is 7.11 Å². The second-order valence-electron chi connectivity index (χ2n) is 8.78. The minimum Gasteiger partial charge on any atom is -0.490 e. The number of aryl methyl sites for hydroxylation is 1. The van der Waals surface area contributed by atoms with Crippen molar-refractivity contribution in [3.63, 3.8) is 0 Å². The zero-order valence-electron chi connectivity index (χ0n) is 17.2. The van der Waals surface area contributed by atoms with Crippen molar-refractivity contribution in [3.05, 3.63) is 33.4 Å². The number of nitrogens with zero attached hydrogens (tertiary/aromatic N) is 2. The summed E-state index contributed by atoms with van der Waals surface area (Å²) in [6.45, 7) is 9.67. The number of piperidine rings is 1. The number of carbonyl (C=O) groups is 1. The monoisotopic (exact) mass is 391 g/mol. The van der Waals surface area contributed by atoms with Gasteiger partial charge in [0.15, 0.2) is 5.75 Å². The minimum absolute atomic E-state index is 0.0168. The fraction of sp³-hybridized carbons (Fsp3) is 0.650. The molecule has 3 rings (SSSR count). The average Bonchev–Trinajstić information content (AvgIpc) is 2.60. The normalized spacial score (nSPS) is 21.2. The Morgan fingerprint density at radius 2 is 1.96 bits per heavy atom. The van der Waals surface area contributed by atoms with Crippen molar-refractivity contribution in [2.45, 2.75) is 52.2 Å². The molecule has 8 nitrogen and oxygen atoms in total. The Bertz CT molecular complexity index is 779. The first-order valence-electron chi connectivity index (χ1n) is 9.60. The third-order valence-electron chi connectivity index (χ3n) is 5.76. The quantitative estimate of drug-likeness (QED) is 0.625. The Labute approximate surface area is 165 Å². The molecule has 0 bridgehead atoms. The molecular formula is C20H29N3O5. The number of nitro groups is 1. The third kappa shape index (κ3) is 3.78. The molecule has 1 aromatic carbocycles. The van der Waals surface area contributed by atoms with E-state index < -0.39 is 10.5 Å². The molecule has 2 heterocycles. The molecule has 1 unspecified atom stereocenters. The van der Waals surface area contributed by atoms with Gasteiger partial charge in [-0.05, 0) is 57.7 Å². The lowest BCUT2D eigenvalue weighted by molar-refractivity contribution is -0.385. The maximum absolute atomic E-state index is 12.3. The predicted molar refractivity (Wildman–Crippen MR) is 105 cm³/mol. The summed E-state index contributed by atoms with van der Waals surface area (Å²) in [6.07, 6.45) is 1.46. The summed E-state index contributed by atoms with van der Waals surface area (Å²) in [4.78, 5) is 24.9. The second kappa shape index (κ2) is 7.24. The van der Waals surface area contributed by atoms with Gasteiger partial charge in [-0.15, -0.1) is 0 Å². The van der Waals surface area contributed by atoms with Gasteiger partial charge in [0, 0.05) is 37.2 Å². The number of benzene rings is 1. The predicted octanol–water partition coefficient (Wildman–Crippen LogP) is 3.57. The Hall–Kier alpha value is -2.35. The molecule has 0 radical (unpaired) electrons. The second-order valence-corrected chi connectivity index (χ2v) is 8.78. The molecule has 2 saturated heterocycles. The van der Waals surface area contributed by atoms with Crippen LogP contribution in [0.5, 0.6) is 5.75 Å². The highest BCUT2D eigenvalue weighted by Crippen LogP contribution is 2.50. The lowest BCUT2D eigenvalue weighted by Crippen LogP contribution is -2.61. The van der Waals surface area contributed by atoms with Gasteiger partial charge in [-0.2, -0.15) is 0 Å².